The van der Waals surface area contributed by atoms with Crippen LogP contribution in [0.2, 0.25) is 0 Å². The molecule has 0 nitrogen and oxygen atoms in total. The molecule has 42 heavy (non-hydrogen) atoms. The first-order valence-corrected chi connectivity index (χ1v) is 19.0. The first-order valence-electron chi connectivity index (χ1n) is 19.0. The Bertz CT molecular complexity index is 872. The maximum Gasteiger partial charge on any atom is -0.0114 e. The van der Waals surface area contributed by atoms with Gasteiger partial charge < -0.3 is 0 Å². The van der Waals surface area contributed by atoms with Gasteiger partial charge >= 0.3 is 0 Å². The smallest absolute Gasteiger partial charge is 0.0114 e. The van der Waals surface area contributed by atoms with E-state index >= 15 is 0 Å². The highest BCUT2D eigenvalue weighted by molar-refractivity contribution is 5.76. The number of rotatable bonds is 26. The molecule has 0 saturated carbocycles. The molecule has 0 heterocycles. The molecule has 238 valence electrons. The lowest BCUT2D eigenvalue weighted by atomic mass is 9.76. The molecule has 0 aliphatic carbocycles. The molecule has 2 aromatic rings. The quantitative estimate of drug-likeness (QED) is 0.0980. The number of unbranched alkanes of at least 4 members (excludes halogenated alkanes) is 15. The minimum atomic E-state index is 1.27. The lowest BCUT2D eigenvalue weighted by Crippen LogP contribution is -2.13. The second-order valence-electron chi connectivity index (χ2n) is 13.2. The van der Waals surface area contributed by atoms with Crippen molar-refractivity contribution in [3.63, 3.8) is 0 Å². The van der Waals surface area contributed by atoms with Crippen molar-refractivity contribution in [2.75, 3.05) is 0 Å². The molecule has 0 bridgehead atoms. The van der Waals surface area contributed by atoms with Gasteiger partial charge in [-0.15, -0.1) is 0 Å². The summed E-state index contributed by atoms with van der Waals surface area (Å²) in [4.78, 5) is 0. The van der Waals surface area contributed by atoms with Gasteiger partial charge in [0.15, 0.2) is 0 Å². The molecule has 0 heteroatoms. The number of benzene rings is 2. The van der Waals surface area contributed by atoms with Crippen LogP contribution in [0.5, 0.6) is 0 Å². The number of hydrogen-bond acceptors (Lipinski definition) is 0. The second kappa shape index (κ2) is 23.8. The van der Waals surface area contributed by atoms with Crippen LogP contribution in [-0.2, 0) is 32.1 Å². The lowest BCUT2D eigenvalue weighted by Gasteiger charge is -2.28. The standard InChI is InChI=1S/C42H70/c1-6-11-16-24-31-37-38(32-25-17-12-7-2)40(34-27-19-14-9-4)42(36-29-22-21-23-30-36)41(35-28-20-15-10-5)39(37)33-26-18-13-8-3/h21-23,29-30H,6-20,24-28,31-35H2,1-5H3. The zero-order valence-corrected chi connectivity index (χ0v) is 29.1. The molecule has 0 aromatic heterocycles. The molecule has 0 amide bonds. The van der Waals surface area contributed by atoms with E-state index in [2.05, 4.69) is 65.0 Å². The first kappa shape index (κ1) is 36.6. The molecule has 0 aliphatic heterocycles. The Morgan fingerprint density at radius 3 is 0.905 bits per heavy atom. The topological polar surface area (TPSA) is 0 Å². The Kier molecular flexibility index (Phi) is 20.8. The molecule has 0 aliphatic rings. The molecule has 0 atom stereocenters. The molecule has 2 aromatic carbocycles. The summed E-state index contributed by atoms with van der Waals surface area (Å²) in [6, 6.07) is 11.7. The van der Waals surface area contributed by atoms with E-state index in [1.165, 1.54) is 166 Å². The van der Waals surface area contributed by atoms with Crippen LogP contribution < -0.4 is 0 Å². The van der Waals surface area contributed by atoms with Gasteiger partial charge in [0, 0.05) is 0 Å². The Balaban J connectivity index is 2.78. The fourth-order valence-electron chi connectivity index (χ4n) is 7.08. The molecule has 0 unspecified atom stereocenters. The van der Waals surface area contributed by atoms with Gasteiger partial charge in [-0.3, -0.25) is 0 Å². The van der Waals surface area contributed by atoms with Crippen molar-refractivity contribution in [2.24, 2.45) is 0 Å². The highest BCUT2D eigenvalue weighted by Crippen LogP contribution is 2.40. The van der Waals surface area contributed by atoms with Gasteiger partial charge in [-0.05, 0) is 103 Å². The van der Waals surface area contributed by atoms with Gasteiger partial charge in [0.2, 0.25) is 0 Å². The lowest BCUT2D eigenvalue weighted by molar-refractivity contribution is 0.624. The largest absolute Gasteiger partial charge is 0.0654 e. The van der Waals surface area contributed by atoms with E-state index in [0.717, 1.165) is 0 Å². The summed E-state index contributed by atoms with van der Waals surface area (Å²) < 4.78 is 0. The van der Waals surface area contributed by atoms with Gasteiger partial charge in [0.05, 0.1) is 0 Å². The third-order valence-corrected chi connectivity index (χ3v) is 9.52. The third kappa shape index (κ3) is 13.0. The predicted molar refractivity (Wildman–Crippen MR) is 191 cm³/mol. The fraction of sp³-hybridized carbons (Fsp3) is 0.714. The van der Waals surface area contributed by atoms with Gasteiger partial charge in [-0.25, -0.2) is 0 Å². The third-order valence-electron chi connectivity index (χ3n) is 9.52. The maximum atomic E-state index is 2.43. The van der Waals surface area contributed by atoms with Gasteiger partial charge in [0.1, 0.15) is 0 Å². The Hall–Kier alpha value is -1.56. The summed E-state index contributed by atoms with van der Waals surface area (Å²) in [5, 5.41) is 0. The van der Waals surface area contributed by atoms with Crippen LogP contribution >= 0.6 is 0 Å². The normalized spacial score (nSPS) is 11.5. The van der Waals surface area contributed by atoms with Crippen molar-refractivity contribution < 1.29 is 0 Å². The molecular formula is C42H70. The SMILES string of the molecule is CCCCCCc1c(CCCCCC)c(CCCCCC)c(-c2ccccc2)c(CCCCCC)c1CCCCCC. The molecule has 0 saturated heterocycles. The summed E-state index contributed by atoms with van der Waals surface area (Å²) in [6.07, 6.45) is 33.6. The first-order chi connectivity index (χ1) is 20.7. The minimum Gasteiger partial charge on any atom is -0.0654 e. The average molecular weight is 575 g/mol. The molecule has 0 fully saturated rings. The van der Waals surface area contributed by atoms with Crippen LogP contribution in [0.4, 0.5) is 0 Å². The van der Waals surface area contributed by atoms with Crippen LogP contribution in [0.3, 0.4) is 0 Å². The van der Waals surface area contributed by atoms with E-state index in [9.17, 15) is 0 Å². The van der Waals surface area contributed by atoms with Gasteiger partial charge in [-0.2, -0.15) is 0 Å². The zero-order valence-electron chi connectivity index (χ0n) is 29.1. The molecule has 0 radical (unpaired) electrons. The predicted octanol–water partition coefficient (Wildman–Crippen LogP) is 14.0. The summed E-state index contributed by atoms with van der Waals surface area (Å²) in [5.74, 6) is 0. The van der Waals surface area contributed by atoms with Crippen LogP contribution in [0.1, 0.15) is 191 Å². The summed E-state index contributed by atoms with van der Waals surface area (Å²) in [5.41, 5.74) is 12.1. The van der Waals surface area contributed by atoms with E-state index in [-0.39, 0.29) is 0 Å². The van der Waals surface area contributed by atoms with E-state index in [1.54, 1.807) is 27.8 Å². The van der Waals surface area contributed by atoms with E-state index in [0.29, 0.717) is 0 Å². The summed E-state index contributed by atoms with van der Waals surface area (Å²) in [6.45, 7) is 11.8. The maximum absolute atomic E-state index is 2.43. The van der Waals surface area contributed by atoms with E-state index in [4.69, 9.17) is 0 Å². The van der Waals surface area contributed by atoms with Crippen LogP contribution in [-0.4, -0.2) is 0 Å². The van der Waals surface area contributed by atoms with Crippen LogP contribution in [0.25, 0.3) is 11.1 Å². The van der Waals surface area contributed by atoms with Crippen LogP contribution in [0.15, 0.2) is 30.3 Å². The summed E-state index contributed by atoms with van der Waals surface area (Å²) in [7, 11) is 0. The van der Waals surface area contributed by atoms with Crippen LogP contribution in [0, 0.1) is 0 Å². The van der Waals surface area contributed by atoms with Crippen molar-refractivity contribution in [1.29, 1.82) is 0 Å². The molecule has 0 N–H and O–H groups in total. The second-order valence-corrected chi connectivity index (χ2v) is 13.2. The van der Waals surface area contributed by atoms with Crippen molar-refractivity contribution in [3.8, 4) is 11.1 Å². The Morgan fingerprint density at radius 1 is 0.310 bits per heavy atom. The number of hydrogen-bond donors (Lipinski definition) is 0. The van der Waals surface area contributed by atoms with Gasteiger partial charge in [-0.1, -0.05) is 161 Å². The van der Waals surface area contributed by atoms with E-state index < -0.39 is 0 Å². The van der Waals surface area contributed by atoms with Crippen molar-refractivity contribution in [2.45, 2.75) is 195 Å². The fourth-order valence-corrected chi connectivity index (χ4v) is 7.08. The monoisotopic (exact) mass is 575 g/mol. The van der Waals surface area contributed by atoms with Crippen molar-refractivity contribution >= 4 is 0 Å². The highest BCUT2D eigenvalue weighted by Gasteiger charge is 2.24. The van der Waals surface area contributed by atoms with E-state index in [1.807, 2.05) is 5.56 Å². The molecular weight excluding hydrogens is 504 g/mol. The average Bonchev–Trinajstić information content (AvgIpc) is 3.01. The highest BCUT2D eigenvalue weighted by atomic mass is 14.3. The molecule has 2 rings (SSSR count). The van der Waals surface area contributed by atoms with Crippen molar-refractivity contribution in [3.05, 3.63) is 58.1 Å². The summed E-state index contributed by atoms with van der Waals surface area (Å²) >= 11 is 0. The minimum absolute atomic E-state index is 1.27. The Morgan fingerprint density at radius 2 is 0.595 bits per heavy atom. The zero-order chi connectivity index (χ0) is 30.3. The molecule has 0 spiro atoms. The van der Waals surface area contributed by atoms with Gasteiger partial charge in [0.25, 0.3) is 0 Å². The van der Waals surface area contributed by atoms with Crippen molar-refractivity contribution in [1.82, 2.24) is 0 Å². The Labute approximate surface area is 263 Å².